The molecule has 1 aliphatic carbocycles. The maximum Gasteiger partial charge on any atom is 0.316 e. The second-order valence-corrected chi connectivity index (χ2v) is 5.63. The molecule has 0 bridgehead atoms. The van der Waals surface area contributed by atoms with E-state index in [1.165, 1.54) is 7.11 Å². The molecule has 17 heavy (non-hydrogen) atoms. The van der Waals surface area contributed by atoms with Crippen LogP contribution in [-0.2, 0) is 19.1 Å². The zero-order valence-electron chi connectivity index (χ0n) is 10.9. The van der Waals surface area contributed by atoms with E-state index in [1.807, 2.05) is 0 Å². The maximum absolute atomic E-state index is 11.9. The van der Waals surface area contributed by atoms with Crippen LogP contribution in [0.4, 0.5) is 0 Å². The standard InChI is InChI=1S/C13H20O4/c1-13(2,3)10(14)7-9(12(16)17-4)11(15)8-5-6-8/h8-9H,5-7H2,1-4H3. The Hall–Kier alpha value is -1.19. The molecule has 4 nitrogen and oxygen atoms in total. The van der Waals surface area contributed by atoms with E-state index in [0.717, 1.165) is 12.8 Å². The lowest BCUT2D eigenvalue weighted by Gasteiger charge is -2.20. The van der Waals surface area contributed by atoms with Gasteiger partial charge in [-0.15, -0.1) is 0 Å². The molecular formula is C13H20O4. The molecule has 96 valence electrons. The highest BCUT2D eigenvalue weighted by Crippen LogP contribution is 2.34. The van der Waals surface area contributed by atoms with Crippen LogP contribution in [0.15, 0.2) is 0 Å². The number of methoxy groups -OCH3 is 1. The fourth-order valence-electron chi connectivity index (χ4n) is 1.59. The summed E-state index contributed by atoms with van der Waals surface area (Å²) in [5.74, 6) is -1.73. The first-order valence-electron chi connectivity index (χ1n) is 5.92. The summed E-state index contributed by atoms with van der Waals surface area (Å²) in [6, 6.07) is 0. The third-order valence-electron chi connectivity index (χ3n) is 3.03. The van der Waals surface area contributed by atoms with E-state index >= 15 is 0 Å². The van der Waals surface area contributed by atoms with Gasteiger partial charge in [0.2, 0.25) is 0 Å². The van der Waals surface area contributed by atoms with Crippen molar-refractivity contribution >= 4 is 17.5 Å². The summed E-state index contributed by atoms with van der Waals surface area (Å²) in [5, 5.41) is 0. The maximum atomic E-state index is 11.9. The molecule has 0 radical (unpaired) electrons. The zero-order valence-corrected chi connectivity index (χ0v) is 10.9. The smallest absolute Gasteiger partial charge is 0.316 e. The van der Waals surface area contributed by atoms with Crippen LogP contribution in [0, 0.1) is 17.3 Å². The average Bonchev–Trinajstić information content (AvgIpc) is 3.05. The van der Waals surface area contributed by atoms with Crippen molar-refractivity contribution in [1.29, 1.82) is 0 Å². The molecular weight excluding hydrogens is 220 g/mol. The summed E-state index contributed by atoms with van der Waals surface area (Å²) < 4.78 is 4.61. The van der Waals surface area contributed by atoms with Gasteiger partial charge < -0.3 is 4.74 Å². The van der Waals surface area contributed by atoms with Crippen LogP contribution in [0.2, 0.25) is 0 Å². The van der Waals surface area contributed by atoms with Crippen LogP contribution in [0.25, 0.3) is 0 Å². The number of Topliss-reactive ketones (excluding diaryl/α,β-unsaturated/α-hetero) is 2. The van der Waals surface area contributed by atoms with Crippen LogP contribution in [0.1, 0.15) is 40.0 Å². The quantitative estimate of drug-likeness (QED) is 0.542. The second-order valence-electron chi connectivity index (χ2n) is 5.63. The number of ether oxygens (including phenoxy) is 1. The Morgan fingerprint density at radius 3 is 2.12 bits per heavy atom. The molecule has 0 heterocycles. The van der Waals surface area contributed by atoms with E-state index in [-0.39, 0.29) is 23.9 Å². The number of rotatable bonds is 5. The monoisotopic (exact) mass is 240 g/mol. The first-order chi connectivity index (χ1) is 7.77. The number of carbonyl (C=O) groups is 3. The van der Waals surface area contributed by atoms with E-state index in [0.29, 0.717) is 0 Å². The van der Waals surface area contributed by atoms with Gasteiger partial charge in [0.15, 0.2) is 5.78 Å². The fraction of sp³-hybridized carbons (Fsp3) is 0.769. The minimum atomic E-state index is -0.903. The summed E-state index contributed by atoms with van der Waals surface area (Å²) in [5.41, 5.74) is -0.532. The van der Waals surface area contributed by atoms with Gasteiger partial charge in [-0.3, -0.25) is 14.4 Å². The van der Waals surface area contributed by atoms with Crippen molar-refractivity contribution in [3.8, 4) is 0 Å². The van der Waals surface area contributed by atoms with Gasteiger partial charge in [-0.25, -0.2) is 0 Å². The molecule has 0 aromatic rings. The molecule has 0 aliphatic heterocycles. The van der Waals surface area contributed by atoms with Gasteiger partial charge in [-0.2, -0.15) is 0 Å². The largest absolute Gasteiger partial charge is 0.468 e. The predicted octanol–water partition coefficient (Wildman–Crippen LogP) is 1.76. The van der Waals surface area contributed by atoms with Crippen molar-refractivity contribution < 1.29 is 19.1 Å². The Balaban J connectivity index is 2.73. The van der Waals surface area contributed by atoms with Crippen molar-refractivity contribution in [2.24, 2.45) is 17.3 Å². The third kappa shape index (κ3) is 3.65. The van der Waals surface area contributed by atoms with E-state index in [1.54, 1.807) is 20.8 Å². The Bertz CT molecular complexity index is 334. The highest BCUT2D eigenvalue weighted by molar-refractivity contribution is 6.04. The summed E-state index contributed by atoms with van der Waals surface area (Å²) >= 11 is 0. The van der Waals surface area contributed by atoms with Crippen molar-refractivity contribution in [3.63, 3.8) is 0 Å². The normalized spacial score (nSPS) is 17.4. The topological polar surface area (TPSA) is 60.4 Å². The average molecular weight is 240 g/mol. The van der Waals surface area contributed by atoms with Gasteiger partial charge in [0.1, 0.15) is 11.7 Å². The summed E-state index contributed by atoms with van der Waals surface area (Å²) in [6.45, 7) is 5.35. The first-order valence-corrected chi connectivity index (χ1v) is 5.92. The zero-order chi connectivity index (χ0) is 13.2. The van der Waals surface area contributed by atoms with Gasteiger partial charge in [-0.05, 0) is 12.8 Å². The lowest BCUT2D eigenvalue weighted by molar-refractivity contribution is -0.152. The fourth-order valence-corrected chi connectivity index (χ4v) is 1.59. The second kappa shape index (κ2) is 4.98. The van der Waals surface area contributed by atoms with Crippen molar-refractivity contribution in [3.05, 3.63) is 0 Å². The molecule has 0 N–H and O–H groups in total. The molecule has 0 spiro atoms. The van der Waals surface area contributed by atoms with Crippen LogP contribution in [-0.4, -0.2) is 24.6 Å². The Morgan fingerprint density at radius 1 is 1.24 bits per heavy atom. The minimum absolute atomic E-state index is 0.0353. The van der Waals surface area contributed by atoms with Gasteiger partial charge in [0, 0.05) is 17.8 Å². The van der Waals surface area contributed by atoms with Crippen LogP contribution in [0.5, 0.6) is 0 Å². The molecule has 1 saturated carbocycles. The molecule has 1 fully saturated rings. The third-order valence-corrected chi connectivity index (χ3v) is 3.03. The van der Waals surface area contributed by atoms with Crippen molar-refractivity contribution in [1.82, 2.24) is 0 Å². The van der Waals surface area contributed by atoms with E-state index < -0.39 is 17.3 Å². The molecule has 1 atom stereocenters. The van der Waals surface area contributed by atoms with E-state index in [9.17, 15) is 14.4 Å². The molecule has 1 unspecified atom stereocenters. The van der Waals surface area contributed by atoms with Crippen LogP contribution < -0.4 is 0 Å². The highest BCUT2D eigenvalue weighted by Gasteiger charge is 2.41. The van der Waals surface area contributed by atoms with Gasteiger partial charge >= 0.3 is 5.97 Å². The number of hydrogen-bond donors (Lipinski definition) is 0. The lowest BCUT2D eigenvalue weighted by atomic mass is 9.83. The number of esters is 1. The van der Waals surface area contributed by atoms with E-state index in [2.05, 4.69) is 4.74 Å². The van der Waals surface area contributed by atoms with Crippen molar-refractivity contribution in [2.75, 3.05) is 7.11 Å². The summed E-state index contributed by atoms with van der Waals surface area (Å²) in [7, 11) is 1.25. The SMILES string of the molecule is COC(=O)C(CC(=O)C(C)(C)C)C(=O)C1CC1. The molecule has 0 saturated heterocycles. The number of ketones is 2. The van der Waals surface area contributed by atoms with Crippen LogP contribution in [0.3, 0.4) is 0 Å². The Labute approximate surface area is 102 Å². The molecule has 0 amide bonds. The van der Waals surface area contributed by atoms with Gasteiger partial charge in [0.25, 0.3) is 0 Å². The minimum Gasteiger partial charge on any atom is -0.468 e. The van der Waals surface area contributed by atoms with Gasteiger partial charge in [-0.1, -0.05) is 20.8 Å². The number of hydrogen-bond acceptors (Lipinski definition) is 4. The molecule has 0 aromatic heterocycles. The van der Waals surface area contributed by atoms with Crippen molar-refractivity contribution in [2.45, 2.75) is 40.0 Å². The molecule has 1 aliphatic rings. The predicted molar refractivity (Wildman–Crippen MR) is 62.3 cm³/mol. The number of carbonyl (C=O) groups excluding carboxylic acids is 3. The highest BCUT2D eigenvalue weighted by atomic mass is 16.5. The molecule has 4 heteroatoms. The van der Waals surface area contributed by atoms with Crippen LogP contribution >= 0.6 is 0 Å². The Kier molecular flexibility index (Phi) is 4.07. The van der Waals surface area contributed by atoms with E-state index in [4.69, 9.17) is 0 Å². The Morgan fingerprint density at radius 2 is 1.76 bits per heavy atom. The van der Waals surface area contributed by atoms with Gasteiger partial charge in [0.05, 0.1) is 7.11 Å². The molecule has 0 aromatic carbocycles. The summed E-state index contributed by atoms with van der Waals surface area (Å²) in [4.78, 5) is 35.4. The molecule has 1 rings (SSSR count). The first kappa shape index (κ1) is 13.9. The summed E-state index contributed by atoms with van der Waals surface area (Å²) in [6.07, 6.45) is 1.62. The lowest BCUT2D eigenvalue weighted by Crippen LogP contribution is -2.32.